The average Bonchev–Trinajstić information content (AvgIpc) is 3.61. The van der Waals surface area contributed by atoms with Gasteiger partial charge in [-0.1, -0.05) is 6.07 Å². The van der Waals surface area contributed by atoms with Gasteiger partial charge >= 0.3 is 0 Å². The summed E-state index contributed by atoms with van der Waals surface area (Å²) in [5.41, 5.74) is 1.50. The third-order valence-electron chi connectivity index (χ3n) is 6.43. The van der Waals surface area contributed by atoms with Crippen molar-refractivity contribution in [3.05, 3.63) is 42.1 Å². The average molecular weight is 445 g/mol. The van der Waals surface area contributed by atoms with Crippen LogP contribution < -0.4 is 16.0 Å². The third-order valence-corrected chi connectivity index (χ3v) is 6.43. The van der Waals surface area contributed by atoms with Crippen LogP contribution in [0.3, 0.4) is 0 Å². The number of aromatic nitrogens is 1. The number of benzene rings is 1. The summed E-state index contributed by atoms with van der Waals surface area (Å²) >= 11 is 0. The summed E-state index contributed by atoms with van der Waals surface area (Å²) in [6.45, 7) is 3.61. The molecule has 0 spiro atoms. The molecule has 0 aliphatic heterocycles. The Morgan fingerprint density at radius 2 is 1.78 bits per heavy atom. The minimum absolute atomic E-state index is 0.306. The molecule has 3 N–H and O–H groups in total. The Bertz CT molecular complexity index is 898. The lowest BCUT2D eigenvalue weighted by molar-refractivity contribution is 0.161. The highest BCUT2D eigenvalue weighted by molar-refractivity contribution is 5.71. The summed E-state index contributed by atoms with van der Waals surface area (Å²) in [6.07, 6.45) is 7.83. The van der Waals surface area contributed by atoms with Gasteiger partial charge in [-0.3, -0.25) is 0 Å². The van der Waals surface area contributed by atoms with Crippen LogP contribution in [0.15, 0.2) is 30.5 Å². The van der Waals surface area contributed by atoms with Gasteiger partial charge in [0.05, 0.1) is 18.5 Å². The minimum atomic E-state index is -0.407. The molecule has 1 atom stereocenters. The summed E-state index contributed by atoms with van der Waals surface area (Å²) in [4.78, 5) is 4.25. The Morgan fingerprint density at radius 1 is 1.03 bits per heavy atom. The summed E-state index contributed by atoms with van der Waals surface area (Å²) in [5, 5.41) is 10.3. The number of rotatable bonds is 10. The third kappa shape index (κ3) is 6.17. The number of halogens is 2. The first-order valence-electron chi connectivity index (χ1n) is 11.7. The van der Waals surface area contributed by atoms with Crippen LogP contribution in [0.5, 0.6) is 0 Å². The van der Waals surface area contributed by atoms with Crippen LogP contribution in [0.25, 0.3) is 11.1 Å². The van der Waals surface area contributed by atoms with E-state index in [1.165, 1.54) is 25.1 Å². The van der Waals surface area contributed by atoms with E-state index in [0.29, 0.717) is 53.3 Å². The molecule has 174 valence electrons. The first-order chi connectivity index (χ1) is 15.5. The van der Waals surface area contributed by atoms with Gasteiger partial charge in [0.2, 0.25) is 0 Å². The molecule has 1 aromatic heterocycles. The molecule has 7 heteroatoms. The van der Waals surface area contributed by atoms with Crippen molar-refractivity contribution in [1.29, 1.82) is 0 Å². The van der Waals surface area contributed by atoms with Gasteiger partial charge < -0.3 is 20.7 Å². The predicted molar refractivity (Wildman–Crippen MR) is 125 cm³/mol. The lowest BCUT2D eigenvalue weighted by Gasteiger charge is -2.31. The second kappa shape index (κ2) is 10.6. The zero-order chi connectivity index (χ0) is 22.5. The van der Waals surface area contributed by atoms with Crippen molar-refractivity contribution in [2.24, 2.45) is 5.92 Å². The van der Waals surface area contributed by atoms with E-state index in [2.05, 4.69) is 27.9 Å². The molecule has 2 fully saturated rings. The fourth-order valence-corrected chi connectivity index (χ4v) is 4.46. The van der Waals surface area contributed by atoms with Crippen LogP contribution in [-0.4, -0.2) is 43.4 Å². The Balaban J connectivity index is 1.38. The first kappa shape index (κ1) is 22.9. The van der Waals surface area contributed by atoms with Crippen molar-refractivity contribution in [2.75, 3.05) is 30.9 Å². The Morgan fingerprint density at radius 3 is 2.50 bits per heavy atom. The quantitative estimate of drug-likeness (QED) is 0.470. The van der Waals surface area contributed by atoms with Gasteiger partial charge in [0.1, 0.15) is 17.5 Å². The monoisotopic (exact) mass is 444 g/mol. The van der Waals surface area contributed by atoms with Gasteiger partial charge in [0.25, 0.3) is 0 Å². The van der Waals surface area contributed by atoms with Gasteiger partial charge in [-0.05, 0) is 75.1 Å². The van der Waals surface area contributed by atoms with Crippen LogP contribution >= 0.6 is 0 Å². The van der Waals surface area contributed by atoms with Gasteiger partial charge in [-0.15, -0.1) is 0 Å². The number of methoxy groups -OCH3 is 1. The number of nitrogens with one attached hydrogen (secondary N) is 3. The maximum Gasteiger partial charge on any atom is 0.149 e. The van der Waals surface area contributed by atoms with E-state index in [0.717, 1.165) is 32.2 Å². The van der Waals surface area contributed by atoms with Crippen molar-refractivity contribution in [2.45, 2.75) is 63.6 Å². The van der Waals surface area contributed by atoms with Crippen LogP contribution in [0.1, 0.15) is 45.4 Å². The molecule has 5 nitrogen and oxygen atoms in total. The van der Waals surface area contributed by atoms with Gasteiger partial charge in [-0.2, -0.15) is 0 Å². The van der Waals surface area contributed by atoms with E-state index in [4.69, 9.17) is 4.74 Å². The second-order valence-corrected chi connectivity index (χ2v) is 9.28. The van der Waals surface area contributed by atoms with E-state index >= 15 is 0 Å². The minimum Gasteiger partial charge on any atom is -0.383 e. The van der Waals surface area contributed by atoms with Crippen LogP contribution in [-0.2, 0) is 4.74 Å². The zero-order valence-electron chi connectivity index (χ0n) is 19.0. The second-order valence-electron chi connectivity index (χ2n) is 9.28. The molecule has 2 aliphatic carbocycles. The maximum atomic E-state index is 14.6. The highest BCUT2D eigenvalue weighted by Gasteiger charge is 2.23. The zero-order valence-corrected chi connectivity index (χ0v) is 19.0. The number of pyridine rings is 1. The topological polar surface area (TPSA) is 58.2 Å². The predicted octanol–water partition coefficient (Wildman–Crippen LogP) is 5.20. The number of anilines is 2. The molecular formula is C25H34F2N4O. The fourth-order valence-electron chi connectivity index (χ4n) is 4.46. The van der Waals surface area contributed by atoms with Crippen LogP contribution in [0.4, 0.5) is 20.3 Å². The van der Waals surface area contributed by atoms with E-state index in [1.807, 2.05) is 0 Å². The first-order valence-corrected chi connectivity index (χ1v) is 11.7. The molecule has 4 rings (SSSR count). The molecule has 0 saturated heterocycles. The standard InChI is InChI=1S/C25H34F2N4O/c1-16(15-32-2)30-19-6-8-20(9-7-19)31-25-12-21(23(27)14-29-25)18-5-10-22(26)24(11-18)28-13-17-3-4-17/h5,10-12,14,16-17,19-20,28,30H,3-4,6-9,13,15H2,1-2H3,(H,29,31)/t16-,19-,20-/m0/s1. The van der Waals surface area contributed by atoms with Crippen molar-refractivity contribution in [3.63, 3.8) is 0 Å². The van der Waals surface area contributed by atoms with Gasteiger partial charge in [-0.25, -0.2) is 13.8 Å². The lowest BCUT2D eigenvalue weighted by Crippen LogP contribution is -2.42. The molecule has 32 heavy (non-hydrogen) atoms. The number of ether oxygens (including phenoxy) is 1. The van der Waals surface area contributed by atoms with Gasteiger partial charge in [0.15, 0.2) is 0 Å². The van der Waals surface area contributed by atoms with Crippen LogP contribution in [0.2, 0.25) is 0 Å². The molecule has 0 bridgehead atoms. The molecule has 2 saturated carbocycles. The number of hydrogen-bond acceptors (Lipinski definition) is 5. The van der Waals surface area contributed by atoms with Crippen molar-refractivity contribution in [3.8, 4) is 11.1 Å². The summed E-state index contributed by atoms with van der Waals surface area (Å²) in [5.74, 6) is 0.560. The Kier molecular flexibility index (Phi) is 7.58. The summed E-state index contributed by atoms with van der Waals surface area (Å²) < 4.78 is 34.0. The highest BCUT2D eigenvalue weighted by Crippen LogP contribution is 2.32. The molecule has 0 unspecified atom stereocenters. The molecule has 0 radical (unpaired) electrons. The SMILES string of the molecule is COC[C@H](C)N[C@H]1CC[C@H](Nc2cc(-c3ccc(F)c(NCC4CC4)c3)c(F)cn2)CC1. The fraction of sp³-hybridized carbons (Fsp3) is 0.560. The number of nitrogens with zero attached hydrogens (tertiary/aromatic N) is 1. The molecule has 2 aliphatic rings. The number of hydrogen-bond donors (Lipinski definition) is 3. The van der Waals surface area contributed by atoms with E-state index < -0.39 is 5.82 Å². The molecule has 1 aromatic carbocycles. The summed E-state index contributed by atoms with van der Waals surface area (Å²) in [7, 11) is 1.72. The normalized spacial score (nSPS) is 21.9. The maximum absolute atomic E-state index is 14.6. The molecule has 1 heterocycles. The van der Waals surface area contributed by atoms with Gasteiger partial charge in [0, 0.05) is 37.3 Å². The Hall–Kier alpha value is -2.25. The molecule has 0 amide bonds. The molecular weight excluding hydrogens is 410 g/mol. The van der Waals surface area contributed by atoms with E-state index in [9.17, 15) is 8.78 Å². The smallest absolute Gasteiger partial charge is 0.149 e. The lowest BCUT2D eigenvalue weighted by atomic mass is 9.90. The van der Waals surface area contributed by atoms with Crippen molar-refractivity contribution >= 4 is 11.5 Å². The summed E-state index contributed by atoms with van der Waals surface area (Å²) in [6, 6.07) is 7.59. The Labute approximate surface area is 189 Å². The largest absolute Gasteiger partial charge is 0.383 e. The van der Waals surface area contributed by atoms with E-state index in [-0.39, 0.29) is 5.82 Å². The van der Waals surface area contributed by atoms with E-state index in [1.54, 1.807) is 25.3 Å². The van der Waals surface area contributed by atoms with Crippen LogP contribution in [0, 0.1) is 17.6 Å². The van der Waals surface area contributed by atoms with Crippen molar-refractivity contribution < 1.29 is 13.5 Å². The van der Waals surface area contributed by atoms with Crippen molar-refractivity contribution in [1.82, 2.24) is 10.3 Å². The molecule has 2 aromatic rings. The highest BCUT2D eigenvalue weighted by atomic mass is 19.1.